The van der Waals surface area contributed by atoms with Gasteiger partial charge < -0.3 is 5.73 Å². The summed E-state index contributed by atoms with van der Waals surface area (Å²) < 4.78 is 1.81. The lowest BCUT2D eigenvalue weighted by Crippen LogP contribution is -2.41. The van der Waals surface area contributed by atoms with Gasteiger partial charge in [0.15, 0.2) is 0 Å². The van der Waals surface area contributed by atoms with Crippen molar-refractivity contribution in [3.05, 3.63) is 17.5 Å². The van der Waals surface area contributed by atoms with Crippen LogP contribution in [0, 0.1) is 12.3 Å². The molecule has 2 N–H and O–H groups in total. The van der Waals surface area contributed by atoms with Crippen LogP contribution >= 0.6 is 0 Å². The highest BCUT2D eigenvalue weighted by Gasteiger charge is 2.37. The molecule has 4 nitrogen and oxygen atoms in total. The van der Waals surface area contributed by atoms with Crippen molar-refractivity contribution in [3.8, 4) is 0 Å². The van der Waals surface area contributed by atoms with Gasteiger partial charge in [-0.25, -0.2) is 0 Å². The minimum atomic E-state index is -0.267. The van der Waals surface area contributed by atoms with Crippen molar-refractivity contribution >= 4 is 5.78 Å². The SMILES string of the molecule is Cc1cc(CC(=O)C2(CN)CCCCC2)n(C)n1. The van der Waals surface area contributed by atoms with E-state index in [1.54, 1.807) is 4.68 Å². The fourth-order valence-corrected chi connectivity index (χ4v) is 3.01. The number of carbonyl (C=O) groups is 1. The molecule has 4 heteroatoms. The second-order valence-corrected chi connectivity index (χ2v) is 5.55. The average molecular weight is 249 g/mol. The summed E-state index contributed by atoms with van der Waals surface area (Å²) in [7, 11) is 1.89. The molecule has 100 valence electrons. The standard InChI is InChI=1S/C14H23N3O/c1-11-8-12(17(2)16-11)9-13(18)14(10-15)6-4-3-5-7-14/h8H,3-7,9-10,15H2,1-2H3. The van der Waals surface area contributed by atoms with Crippen molar-refractivity contribution in [1.82, 2.24) is 9.78 Å². The molecule has 1 aromatic heterocycles. The van der Waals surface area contributed by atoms with E-state index in [9.17, 15) is 4.79 Å². The topological polar surface area (TPSA) is 60.9 Å². The number of nitrogens with zero attached hydrogens (tertiary/aromatic N) is 2. The Bertz CT molecular complexity index is 430. The van der Waals surface area contributed by atoms with Crippen LogP contribution in [0.25, 0.3) is 0 Å². The third kappa shape index (κ3) is 2.48. The Morgan fingerprint density at radius 1 is 1.44 bits per heavy atom. The monoisotopic (exact) mass is 249 g/mol. The highest BCUT2D eigenvalue weighted by Crippen LogP contribution is 2.37. The summed E-state index contributed by atoms with van der Waals surface area (Å²) in [6.45, 7) is 2.44. The van der Waals surface area contributed by atoms with Gasteiger partial charge in [0, 0.05) is 31.1 Å². The van der Waals surface area contributed by atoms with Crippen LogP contribution in [0.2, 0.25) is 0 Å². The molecule has 0 spiro atoms. The molecule has 0 amide bonds. The molecule has 2 rings (SSSR count). The van der Waals surface area contributed by atoms with Crippen LogP contribution in [0.1, 0.15) is 43.5 Å². The van der Waals surface area contributed by atoms with E-state index in [-0.39, 0.29) is 5.41 Å². The molecule has 18 heavy (non-hydrogen) atoms. The number of nitrogens with two attached hydrogens (primary N) is 1. The summed E-state index contributed by atoms with van der Waals surface area (Å²) >= 11 is 0. The van der Waals surface area contributed by atoms with Gasteiger partial charge in [0.2, 0.25) is 0 Å². The summed E-state index contributed by atoms with van der Waals surface area (Å²) in [4.78, 5) is 12.6. The van der Waals surface area contributed by atoms with Crippen molar-refractivity contribution in [2.75, 3.05) is 6.54 Å². The molecule has 0 saturated heterocycles. The number of rotatable bonds is 4. The van der Waals surface area contributed by atoms with Gasteiger partial charge in [-0.15, -0.1) is 0 Å². The Labute approximate surface area is 109 Å². The maximum Gasteiger partial charge on any atom is 0.146 e. The van der Waals surface area contributed by atoms with E-state index < -0.39 is 0 Å². The van der Waals surface area contributed by atoms with Gasteiger partial charge in [-0.2, -0.15) is 5.10 Å². The third-order valence-electron chi connectivity index (χ3n) is 4.23. The van der Waals surface area contributed by atoms with Gasteiger partial charge in [-0.1, -0.05) is 19.3 Å². The summed E-state index contributed by atoms with van der Waals surface area (Å²) in [5, 5.41) is 4.29. The predicted octanol–water partition coefficient (Wildman–Crippen LogP) is 1.75. The van der Waals surface area contributed by atoms with E-state index in [1.165, 1.54) is 6.42 Å². The molecular weight excluding hydrogens is 226 g/mol. The molecule has 1 saturated carbocycles. The average Bonchev–Trinajstić information content (AvgIpc) is 2.68. The lowest BCUT2D eigenvalue weighted by molar-refractivity contribution is -0.129. The van der Waals surface area contributed by atoms with Gasteiger partial charge in [0.1, 0.15) is 5.78 Å². The van der Waals surface area contributed by atoms with Crippen molar-refractivity contribution < 1.29 is 4.79 Å². The summed E-state index contributed by atoms with van der Waals surface area (Å²) in [5.41, 5.74) is 7.59. The first-order valence-corrected chi connectivity index (χ1v) is 6.80. The van der Waals surface area contributed by atoms with E-state index in [0.29, 0.717) is 18.7 Å². The number of carbonyl (C=O) groups excluding carboxylic acids is 1. The van der Waals surface area contributed by atoms with E-state index in [2.05, 4.69) is 5.10 Å². The van der Waals surface area contributed by atoms with Gasteiger partial charge in [0.25, 0.3) is 0 Å². The zero-order valence-corrected chi connectivity index (χ0v) is 11.4. The number of hydrogen-bond donors (Lipinski definition) is 1. The Balaban J connectivity index is 2.12. The molecular formula is C14H23N3O. The maximum absolute atomic E-state index is 12.6. The van der Waals surface area contributed by atoms with Gasteiger partial charge in [0.05, 0.1) is 5.69 Å². The smallest absolute Gasteiger partial charge is 0.146 e. The first kappa shape index (κ1) is 13.3. The van der Waals surface area contributed by atoms with Crippen LogP contribution in [0.15, 0.2) is 6.07 Å². The number of hydrogen-bond acceptors (Lipinski definition) is 3. The quantitative estimate of drug-likeness (QED) is 0.884. The highest BCUT2D eigenvalue weighted by molar-refractivity contribution is 5.86. The number of aryl methyl sites for hydroxylation is 2. The fourth-order valence-electron chi connectivity index (χ4n) is 3.01. The minimum Gasteiger partial charge on any atom is -0.329 e. The van der Waals surface area contributed by atoms with Crippen LogP contribution in [0.5, 0.6) is 0 Å². The first-order chi connectivity index (χ1) is 8.57. The van der Waals surface area contributed by atoms with Crippen LogP contribution < -0.4 is 5.73 Å². The molecule has 1 aromatic rings. The Morgan fingerprint density at radius 3 is 2.61 bits per heavy atom. The minimum absolute atomic E-state index is 0.267. The van der Waals surface area contributed by atoms with Crippen LogP contribution in [-0.4, -0.2) is 22.1 Å². The summed E-state index contributed by atoms with van der Waals surface area (Å²) in [6, 6.07) is 1.99. The van der Waals surface area contributed by atoms with Crippen molar-refractivity contribution in [3.63, 3.8) is 0 Å². The van der Waals surface area contributed by atoms with Gasteiger partial charge >= 0.3 is 0 Å². The van der Waals surface area contributed by atoms with E-state index in [1.807, 2.05) is 20.0 Å². The molecule has 0 radical (unpaired) electrons. The molecule has 0 aromatic carbocycles. The Kier molecular flexibility index (Phi) is 3.85. The molecule has 1 heterocycles. The first-order valence-electron chi connectivity index (χ1n) is 6.80. The summed E-state index contributed by atoms with van der Waals surface area (Å²) in [6.07, 6.45) is 5.88. The second kappa shape index (κ2) is 5.22. The molecule has 1 aliphatic carbocycles. The van der Waals surface area contributed by atoms with Crippen LogP contribution in [0.3, 0.4) is 0 Å². The molecule has 1 fully saturated rings. The number of ketones is 1. The molecule has 0 aliphatic heterocycles. The lowest BCUT2D eigenvalue weighted by Gasteiger charge is -2.34. The van der Waals surface area contributed by atoms with Crippen LogP contribution in [0.4, 0.5) is 0 Å². The van der Waals surface area contributed by atoms with E-state index >= 15 is 0 Å². The zero-order chi connectivity index (χ0) is 13.2. The predicted molar refractivity (Wildman–Crippen MR) is 71.2 cm³/mol. The summed E-state index contributed by atoms with van der Waals surface area (Å²) in [5.74, 6) is 0.299. The zero-order valence-electron chi connectivity index (χ0n) is 11.4. The Hall–Kier alpha value is -1.16. The largest absolute Gasteiger partial charge is 0.329 e. The third-order valence-corrected chi connectivity index (χ3v) is 4.23. The molecule has 0 unspecified atom stereocenters. The molecule has 1 aliphatic rings. The lowest BCUT2D eigenvalue weighted by atomic mass is 9.70. The van der Waals surface area contributed by atoms with E-state index in [4.69, 9.17) is 5.73 Å². The van der Waals surface area contributed by atoms with Crippen molar-refractivity contribution in [2.45, 2.75) is 45.4 Å². The number of aromatic nitrogens is 2. The fraction of sp³-hybridized carbons (Fsp3) is 0.714. The Morgan fingerprint density at radius 2 is 2.11 bits per heavy atom. The van der Waals surface area contributed by atoms with Crippen molar-refractivity contribution in [2.24, 2.45) is 18.2 Å². The molecule has 0 atom stereocenters. The normalized spacial score (nSPS) is 18.8. The van der Waals surface area contributed by atoms with Crippen LogP contribution in [-0.2, 0) is 18.3 Å². The van der Waals surface area contributed by atoms with Gasteiger partial charge in [-0.3, -0.25) is 9.48 Å². The highest BCUT2D eigenvalue weighted by atomic mass is 16.1. The van der Waals surface area contributed by atoms with Crippen molar-refractivity contribution in [1.29, 1.82) is 0 Å². The molecule has 0 bridgehead atoms. The number of Topliss-reactive ketones (excluding diaryl/α,β-unsaturated/α-hetero) is 1. The van der Waals surface area contributed by atoms with E-state index in [0.717, 1.165) is 37.1 Å². The maximum atomic E-state index is 12.6. The second-order valence-electron chi connectivity index (χ2n) is 5.55. The van der Waals surface area contributed by atoms with Gasteiger partial charge in [-0.05, 0) is 25.8 Å².